The molecule has 3 atom stereocenters. The molecule has 0 saturated heterocycles. The highest BCUT2D eigenvalue weighted by Crippen LogP contribution is 2.22. The number of benzene rings is 1. The third-order valence-electron chi connectivity index (χ3n) is 4.71. The lowest BCUT2D eigenvalue weighted by molar-refractivity contribution is -0.145. The topological polar surface area (TPSA) is 192 Å². The molecule has 2 aromatic rings. The van der Waals surface area contributed by atoms with Gasteiger partial charge in [-0.05, 0) is 37.5 Å². The van der Waals surface area contributed by atoms with Gasteiger partial charge in [0.25, 0.3) is 0 Å². The second kappa shape index (κ2) is 11.1. The summed E-state index contributed by atoms with van der Waals surface area (Å²) >= 11 is 0. The van der Waals surface area contributed by atoms with Crippen molar-refractivity contribution in [2.45, 2.75) is 51.2 Å². The summed E-state index contributed by atoms with van der Waals surface area (Å²) in [6.07, 6.45) is 0.185. The van der Waals surface area contributed by atoms with Crippen molar-refractivity contribution in [1.82, 2.24) is 20.4 Å². The molecule has 0 spiro atoms. The number of phenolic OH excluding ortho intramolecular Hbond substituents is 1. The lowest BCUT2D eigenvalue weighted by atomic mass is 10.1. The average Bonchev–Trinajstić information content (AvgIpc) is 3.22. The number of carbonyl (C=O) groups is 3. The molecular formula is C20H27N5O7. The van der Waals surface area contributed by atoms with Gasteiger partial charge in [0.05, 0.1) is 12.5 Å². The second-order valence-corrected chi connectivity index (χ2v) is 7.28. The number of phenols is 1. The maximum absolute atomic E-state index is 12.7. The molecule has 0 aliphatic heterocycles. The lowest BCUT2D eigenvalue weighted by Gasteiger charge is -2.28. The van der Waals surface area contributed by atoms with Crippen molar-refractivity contribution >= 4 is 18.0 Å². The van der Waals surface area contributed by atoms with Gasteiger partial charge in [-0.1, -0.05) is 24.2 Å². The molecule has 174 valence electrons. The molecule has 0 unspecified atom stereocenters. The molecule has 1 heterocycles. The van der Waals surface area contributed by atoms with Gasteiger partial charge >= 0.3 is 18.0 Å². The molecule has 12 heteroatoms. The zero-order chi connectivity index (χ0) is 23.8. The van der Waals surface area contributed by atoms with Gasteiger partial charge in [0.2, 0.25) is 5.89 Å². The van der Waals surface area contributed by atoms with Gasteiger partial charge in [0, 0.05) is 6.54 Å². The molecule has 0 bridgehead atoms. The minimum atomic E-state index is -1.58. The van der Waals surface area contributed by atoms with E-state index in [-0.39, 0.29) is 24.0 Å². The third kappa shape index (κ3) is 6.67. The summed E-state index contributed by atoms with van der Waals surface area (Å²) < 4.78 is 5.29. The number of nitrogens with zero attached hydrogens (tertiary/aromatic N) is 3. The largest absolute Gasteiger partial charge is 0.508 e. The van der Waals surface area contributed by atoms with Crippen LogP contribution in [0.2, 0.25) is 0 Å². The van der Waals surface area contributed by atoms with Gasteiger partial charge in [-0.25, -0.2) is 9.59 Å². The predicted octanol–water partition coefficient (Wildman–Crippen LogP) is 1.43. The van der Waals surface area contributed by atoms with Crippen LogP contribution in [0.1, 0.15) is 56.1 Å². The molecule has 2 amide bonds. The van der Waals surface area contributed by atoms with Crippen LogP contribution in [0.5, 0.6) is 5.75 Å². The lowest BCUT2D eigenvalue weighted by Crippen LogP contribution is -2.49. The Balaban J connectivity index is 2.12. The van der Waals surface area contributed by atoms with Crippen LogP contribution in [0.25, 0.3) is 0 Å². The van der Waals surface area contributed by atoms with Gasteiger partial charge in [-0.3, -0.25) is 4.79 Å². The van der Waals surface area contributed by atoms with E-state index in [2.05, 4.69) is 15.5 Å². The minimum absolute atomic E-state index is 0.106. The summed E-state index contributed by atoms with van der Waals surface area (Å²) in [5.41, 5.74) is 7.02. The fourth-order valence-electron chi connectivity index (χ4n) is 3.00. The number of hydrogen-bond acceptors (Lipinski definition) is 8. The number of urea groups is 1. The fourth-order valence-corrected chi connectivity index (χ4v) is 3.00. The second-order valence-electron chi connectivity index (χ2n) is 7.28. The quantitative estimate of drug-likeness (QED) is 0.335. The van der Waals surface area contributed by atoms with Crippen molar-refractivity contribution in [2.75, 3.05) is 6.54 Å². The fraction of sp³-hybridized carbons (Fsp3) is 0.450. The first-order chi connectivity index (χ1) is 15.1. The number of nitrogens with two attached hydrogens (primary N) is 1. The Bertz CT molecular complexity index is 931. The first-order valence-corrected chi connectivity index (χ1v) is 10.0. The SMILES string of the molecule is CCCN(C(=O)N[C@@H](CC(=O)O)C(=O)O)[C@@H](C)c1nc([C@@H](N)Cc2ccc(O)cc2)no1. The monoisotopic (exact) mass is 449 g/mol. The van der Waals surface area contributed by atoms with E-state index in [4.69, 9.17) is 15.4 Å². The molecule has 2 rings (SSSR count). The minimum Gasteiger partial charge on any atom is -0.508 e. The summed E-state index contributed by atoms with van der Waals surface area (Å²) in [5.74, 6) is -2.33. The molecule has 6 N–H and O–H groups in total. The summed E-state index contributed by atoms with van der Waals surface area (Å²) in [5, 5.41) is 33.5. The van der Waals surface area contributed by atoms with Crippen LogP contribution in [-0.2, 0) is 16.0 Å². The summed E-state index contributed by atoms with van der Waals surface area (Å²) in [6.45, 7) is 3.69. The smallest absolute Gasteiger partial charge is 0.326 e. The van der Waals surface area contributed by atoms with Gasteiger partial charge < -0.3 is 35.8 Å². The Hall–Kier alpha value is -3.67. The van der Waals surface area contributed by atoms with Crippen molar-refractivity contribution in [1.29, 1.82) is 0 Å². The molecule has 0 fully saturated rings. The number of hydrogen-bond donors (Lipinski definition) is 5. The van der Waals surface area contributed by atoms with Crippen molar-refractivity contribution in [2.24, 2.45) is 5.73 Å². The molecule has 32 heavy (non-hydrogen) atoms. The number of rotatable bonds is 11. The van der Waals surface area contributed by atoms with E-state index in [0.717, 1.165) is 5.56 Å². The van der Waals surface area contributed by atoms with E-state index in [9.17, 15) is 24.6 Å². The maximum atomic E-state index is 12.7. The van der Waals surface area contributed by atoms with Crippen molar-refractivity contribution in [3.63, 3.8) is 0 Å². The van der Waals surface area contributed by atoms with E-state index < -0.39 is 42.5 Å². The highest BCUT2D eigenvalue weighted by molar-refractivity contribution is 5.86. The molecule has 0 saturated carbocycles. The molecule has 0 aliphatic rings. The van der Waals surface area contributed by atoms with Crippen LogP contribution in [-0.4, -0.2) is 60.9 Å². The maximum Gasteiger partial charge on any atom is 0.326 e. The van der Waals surface area contributed by atoms with Gasteiger partial charge in [0.1, 0.15) is 17.8 Å². The Morgan fingerprint density at radius 3 is 2.44 bits per heavy atom. The number of aromatic hydroxyl groups is 1. The Morgan fingerprint density at radius 2 is 1.88 bits per heavy atom. The summed E-state index contributed by atoms with van der Waals surface area (Å²) in [7, 11) is 0. The third-order valence-corrected chi connectivity index (χ3v) is 4.71. The van der Waals surface area contributed by atoms with Crippen LogP contribution in [0.3, 0.4) is 0 Å². The zero-order valence-corrected chi connectivity index (χ0v) is 17.8. The highest BCUT2D eigenvalue weighted by Gasteiger charge is 2.30. The molecule has 1 aromatic carbocycles. The molecular weight excluding hydrogens is 422 g/mol. The molecule has 0 aliphatic carbocycles. The summed E-state index contributed by atoms with van der Waals surface area (Å²) in [4.78, 5) is 40.4. The van der Waals surface area contributed by atoms with Crippen LogP contribution in [0.4, 0.5) is 4.79 Å². The van der Waals surface area contributed by atoms with Gasteiger partial charge in [-0.2, -0.15) is 4.98 Å². The van der Waals surface area contributed by atoms with Crippen molar-refractivity contribution in [3.8, 4) is 5.75 Å². The molecule has 1 aromatic heterocycles. The Labute approximate surface area is 184 Å². The van der Waals surface area contributed by atoms with Crippen LogP contribution < -0.4 is 11.1 Å². The van der Waals surface area contributed by atoms with E-state index >= 15 is 0 Å². The van der Waals surface area contributed by atoms with Crippen LogP contribution >= 0.6 is 0 Å². The standard InChI is InChI=1S/C20H27N5O7/c1-3-8-25(20(31)22-15(19(29)30)10-16(27)28)11(2)18-23-17(24-32-18)14(21)9-12-4-6-13(26)7-5-12/h4-7,11,14-15,26H,3,8-10,21H2,1-2H3,(H,22,31)(H,27,28)(H,29,30)/t11-,14-,15-/m0/s1. The Morgan fingerprint density at radius 1 is 1.22 bits per heavy atom. The average molecular weight is 449 g/mol. The van der Waals surface area contributed by atoms with Crippen molar-refractivity contribution < 1.29 is 34.2 Å². The molecule has 12 nitrogen and oxygen atoms in total. The summed E-state index contributed by atoms with van der Waals surface area (Å²) in [6, 6.07) is 2.89. The number of amides is 2. The van der Waals surface area contributed by atoms with E-state index in [1.165, 1.54) is 4.90 Å². The predicted molar refractivity (Wildman–Crippen MR) is 111 cm³/mol. The van der Waals surface area contributed by atoms with E-state index in [1.807, 2.05) is 6.92 Å². The highest BCUT2D eigenvalue weighted by atomic mass is 16.5. The number of aromatic nitrogens is 2. The number of nitrogens with one attached hydrogen (secondary N) is 1. The first kappa shape index (κ1) is 24.6. The van der Waals surface area contributed by atoms with Crippen molar-refractivity contribution in [3.05, 3.63) is 41.5 Å². The number of carboxylic acids is 2. The first-order valence-electron chi connectivity index (χ1n) is 10.0. The van der Waals surface area contributed by atoms with E-state index in [1.54, 1.807) is 31.2 Å². The van der Waals surface area contributed by atoms with E-state index in [0.29, 0.717) is 12.8 Å². The number of carbonyl (C=O) groups excluding carboxylic acids is 1. The molecule has 0 radical (unpaired) electrons. The Kier molecular flexibility index (Phi) is 8.53. The van der Waals surface area contributed by atoms with Gasteiger partial charge in [0.15, 0.2) is 5.82 Å². The van der Waals surface area contributed by atoms with Crippen LogP contribution in [0.15, 0.2) is 28.8 Å². The zero-order valence-electron chi connectivity index (χ0n) is 17.8. The van der Waals surface area contributed by atoms with Gasteiger partial charge in [-0.15, -0.1) is 0 Å². The number of carboxylic acid groups (broad SMARTS) is 2. The normalized spacial score (nSPS) is 13.7. The number of aliphatic carboxylic acids is 2. The van der Waals surface area contributed by atoms with Crippen LogP contribution in [0, 0.1) is 0 Å².